The number of likely N-dealkylation sites (tertiary alicyclic amines) is 1. The summed E-state index contributed by atoms with van der Waals surface area (Å²) in [6.07, 6.45) is 2.08. The summed E-state index contributed by atoms with van der Waals surface area (Å²) < 4.78 is 6.55. The molecule has 116 valence electrons. The van der Waals surface area contributed by atoms with Gasteiger partial charge >= 0.3 is 0 Å². The lowest BCUT2D eigenvalue weighted by atomic mass is 10.1. The Morgan fingerprint density at radius 3 is 2.77 bits per heavy atom. The SMILES string of the molecule is Cc1c(C(=O)NCC(=O)N2CCCC2)oc2ccc(Br)cc12. The van der Waals surface area contributed by atoms with E-state index in [2.05, 4.69) is 21.2 Å². The minimum atomic E-state index is -0.350. The molecule has 1 aliphatic heterocycles. The average molecular weight is 365 g/mol. The van der Waals surface area contributed by atoms with Crippen molar-refractivity contribution in [1.82, 2.24) is 10.2 Å². The third-order valence-corrected chi connectivity index (χ3v) is 4.46. The van der Waals surface area contributed by atoms with Gasteiger partial charge in [0.05, 0.1) is 6.54 Å². The van der Waals surface area contributed by atoms with Crippen molar-refractivity contribution in [1.29, 1.82) is 0 Å². The molecule has 0 saturated carbocycles. The summed E-state index contributed by atoms with van der Waals surface area (Å²) in [6.45, 7) is 3.42. The maximum Gasteiger partial charge on any atom is 0.287 e. The standard InChI is InChI=1S/C16H17BrN2O3/c1-10-12-8-11(17)4-5-13(12)22-15(10)16(21)18-9-14(20)19-6-2-3-7-19/h4-5,8H,2-3,6-7,9H2,1H3,(H,18,21). The molecule has 2 heterocycles. The molecule has 0 bridgehead atoms. The summed E-state index contributed by atoms with van der Waals surface area (Å²) in [7, 11) is 0. The van der Waals surface area contributed by atoms with E-state index in [4.69, 9.17) is 4.42 Å². The normalized spacial score (nSPS) is 14.5. The van der Waals surface area contributed by atoms with Crippen LogP contribution in [0.2, 0.25) is 0 Å². The molecule has 1 aromatic heterocycles. The highest BCUT2D eigenvalue weighted by Crippen LogP contribution is 2.27. The van der Waals surface area contributed by atoms with E-state index < -0.39 is 0 Å². The van der Waals surface area contributed by atoms with Gasteiger partial charge in [0.25, 0.3) is 5.91 Å². The lowest BCUT2D eigenvalue weighted by Crippen LogP contribution is -2.38. The molecule has 3 rings (SSSR count). The zero-order chi connectivity index (χ0) is 15.7. The molecule has 1 fully saturated rings. The first-order chi connectivity index (χ1) is 10.6. The first-order valence-electron chi connectivity index (χ1n) is 7.31. The molecule has 1 aliphatic rings. The molecule has 1 aromatic carbocycles. The maximum atomic E-state index is 12.3. The minimum Gasteiger partial charge on any atom is -0.451 e. The van der Waals surface area contributed by atoms with Crippen LogP contribution in [-0.4, -0.2) is 36.3 Å². The summed E-state index contributed by atoms with van der Waals surface area (Å²) in [5.41, 5.74) is 1.44. The van der Waals surface area contributed by atoms with Gasteiger partial charge in [-0.3, -0.25) is 9.59 Å². The van der Waals surface area contributed by atoms with Crippen LogP contribution in [0.3, 0.4) is 0 Å². The van der Waals surface area contributed by atoms with Gasteiger partial charge in [-0.25, -0.2) is 0 Å². The van der Waals surface area contributed by atoms with E-state index in [-0.39, 0.29) is 24.1 Å². The fourth-order valence-corrected chi connectivity index (χ4v) is 3.09. The second-order valence-corrected chi connectivity index (χ2v) is 6.38. The summed E-state index contributed by atoms with van der Waals surface area (Å²) in [5.74, 6) is -0.123. The zero-order valence-electron chi connectivity index (χ0n) is 12.3. The Kier molecular flexibility index (Phi) is 4.20. The number of aryl methyl sites for hydroxylation is 1. The lowest BCUT2D eigenvalue weighted by molar-refractivity contribution is -0.129. The highest BCUT2D eigenvalue weighted by Gasteiger charge is 2.21. The van der Waals surface area contributed by atoms with Crippen LogP contribution in [0.1, 0.15) is 29.0 Å². The van der Waals surface area contributed by atoms with E-state index in [1.54, 1.807) is 4.90 Å². The third-order valence-electron chi connectivity index (χ3n) is 3.96. The predicted molar refractivity (Wildman–Crippen MR) is 86.8 cm³/mol. The van der Waals surface area contributed by atoms with Crippen LogP contribution in [0.4, 0.5) is 0 Å². The number of carbonyl (C=O) groups is 2. The average Bonchev–Trinajstić information content (AvgIpc) is 3.14. The number of fused-ring (bicyclic) bond motifs is 1. The Hall–Kier alpha value is -1.82. The lowest BCUT2D eigenvalue weighted by Gasteiger charge is -2.15. The summed E-state index contributed by atoms with van der Waals surface area (Å²) in [4.78, 5) is 26.0. The van der Waals surface area contributed by atoms with E-state index in [9.17, 15) is 9.59 Å². The van der Waals surface area contributed by atoms with Crippen LogP contribution in [0.25, 0.3) is 11.0 Å². The van der Waals surface area contributed by atoms with Gasteiger partial charge in [-0.1, -0.05) is 15.9 Å². The van der Waals surface area contributed by atoms with Crippen molar-refractivity contribution in [2.24, 2.45) is 0 Å². The van der Waals surface area contributed by atoms with Crippen LogP contribution in [0.5, 0.6) is 0 Å². The number of rotatable bonds is 3. The Morgan fingerprint density at radius 2 is 2.05 bits per heavy atom. The number of amides is 2. The highest BCUT2D eigenvalue weighted by molar-refractivity contribution is 9.10. The third kappa shape index (κ3) is 2.88. The number of furan rings is 1. The van der Waals surface area contributed by atoms with Crippen LogP contribution in [0.15, 0.2) is 27.1 Å². The Bertz CT molecular complexity index is 732. The number of carbonyl (C=O) groups excluding carboxylic acids is 2. The van der Waals surface area contributed by atoms with Crippen molar-refractivity contribution in [3.8, 4) is 0 Å². The minimum absolute atomic E-state index is 0.0129. The number of nitrogens with zero attached hydrogens (tertiary/aromatic N) is 1. The van der Waals surface area contributed by atoms with Crippen molar-refractivity contribution in [3.63, 3.8) is 0 Å². The molecule has 22 heavy (non-hydrogen) atoms. The smallest absolute Gasteiger partial charge is 0.287 e. The van der Waals surface area contributed by atoms with Crippen LogP contribution in [-0.2, 0) is 4.79 Å². The molecule has 6 heteroatoms. The number of benzene rings is 1. The molecule has 1 saturated heterocycles. The largest absolute Gasteiger partial charge is 0.451 e. The van der Waals surface area contributed by atoms with Crippen LogP contribution < -0.4 is 5.32 Å². The Labute approximate surface area is 136 Å². The second kappa shape index (κ2) is 6.12. The monoisotopic (exact) mass is 364 g/mol. The zero-order valence-corrected chi connectivity index (χ0v) is 13.9. The van der Waals surface area contributed by atoms with Gasteiger partial charge in [-0.2, -0.15) is 0 Å². The molecule has 0 aliphatic carbocycles. The fraction of sp³-hybridized carbons (Fsp3) is 0.375. The first-order valence-corrected chi connectivity index (χ1v) is 8.10. The number of hydrogen-bond donors (Lipinski definition) is 1. The van der Waals surface area contributed by atoms with Gasteiger partial charge in [-0.15, -0.1) is 0 Å². The molecule has 2 amide bonds. The maximum absolute atomic E-state index is 12.3. The van der Waals surface area contributed by atoms with Gasteiger partial charge in [0.1, 0.15) is 5.58 Å². The molecule has 1 N–H and O–H groups in total. The van der Waals surface area contributed by atoms with Crippen molar-refractivity contribution in [3.05, 3.63) is 34.0 Å². The quantitative estimate of drug-likeness (QED) is 0.910. The number of halogens is 1. The molecule has 5 nitrogen and oxygen atoms in total. The molecular weight excluding hydrogens is 348 g/mol. The molecule has 0 spiro atoms. The Morgan fingerprint density at radius 1 is 1.32 bits per heavy atom. The molecule has 0 radical (unpaired) electrons. The number of nitrogens with one attached hydrogen (secondary N) is 1. The van der Waals surface area contributed by atoms with Crippen LogP contribution in [0, 0.1) is 6.92 Å². The van der Waals surface area contributed by atoms with Crippen LogP contribution >= 0.6 is 15.9 Å². The van der Waals surface area contributed by atoms with E-state index in [0.717, 1.165) is 41.4 Å². The molecule has 0 unspecified atom stereocenters. The van der Waals surface area contributed by atoms with E-state index >= 15 is 0 Å². The highest BCUT2D eigenvalue weighted by atomic mass is 79.9. The molecule has 0 atom stereocenters. The van der Waals surface area contributed by atoms with Gasteiger partial charge in [0.2, 0.25) is 5.91 Å². The van der Waals surface area contributed by atoms with Crippen molar-refractivity contribution >= 4 is 38.7 Å². The van der Waals surface area contributed by atoms with Gasteiger partial charge in [0.15, 0.2) is 5.76 Å². The molecule has 2 aromatic rings. The Balaban J connectivity index is 1.72. The first kappa shape index (κ1) is 15.1. The molecular formula is C16H17BrN2O3. The van der Waals surface area contributed by atoms with E-state index in [0.29, 0.717) is 5.58 Å². The van der Waals surface area contributed by atoms with Gasteiger partial charge in [-0.05, 0) is 38.0 Å². The summed E-state index contributed by atoms with van der Waals surface area (Å²) in [5, 5.41) is 3.55. The van der Waals surface area contributed by atoms with Crippen molar-refractivity contribution in [2.75, 3.05) is 19.6 Å². The van der Waals surface area contributed by atoms with E-state index in [1.807, 2.05) is 25.1 Å². The van der Waals surface area contributed by atoms with Crippen molar-refractivity contribution in [2.45, 2.75) is 19.8 Å². The number of hydrogen-bond acceptors (Lipinski definition) is 3. The predicted octanol–water partition coefficient (Wildman–Crippen LogP) is 2.86. The van der Waals surface area contributed by atoms with Gasteiger partial charge in [0, 0.05) is 28.5 Å². The topological polar surface area (TPSA) is 62.6 Å². The second-order valence-electron chi connectivity index (χ2n) is 5.47. The van der Waals surface area contributed by atoms with E-state index in [1.165, 1.54) is 0 Å². The van der Waals surface area contributed by atoms with Gasteiger partial charge < -0.3 is 14.6 Å². The van der Waals surface area contributed by atoms with Crippen molar-refractivity contribution < 1.29 is 14.0 Å². The summed E-state index contributed by atoms with van der Waals surface area (Å²) >= 11 is 3.41. The fourth-order valence-electron chi connectivity index (χ4n) is 2.72. The summed E-state index contributed by atoms with van der Waals surface area (Å²) in [6, 6.07) is 5.60.